The number of hydrogen-bond acceptors (Lipinski definition) is 2. The van der Waals surface area contributed by atoms with E-state index < -0.39 is 18.2 Å². The van der Waals surface area contributed by atoms with Crippen LogP contribution in [0.3, 0.4) is 0 Å². The van der Waals surface area contributed by atoms with Gasteiger partial charge in [0.15, 0.2) is 0 Å². The normalized spacial score (nSPS) is 12.4. The van der Waals surface area contributed by atoms with Gasteiger partial charge in [0.05, 0.1) is 5.75 Å². The first kappa shape index (κ1) is 14.6. The average molecular weight is 206 g/mol. The van der Waals surface area contributed by atoms with Crippen LogP contribution in [0.5, 0.6) is 0 Å². The summed E-state index contributed by atoms with van der Waals surface area (Å²) in [6.45, 7) is 6.20. The van der Waals surface area contributed by atoms with Gasteiger partial charge < -0.3 is 0 Å². The summed E-state index contributed by atoms with van der Waals surface area (Å²) in [5.74, 6) is -0.0806. The van der Waals surface area contributed by atoms with Gasteiger partial charge in [0.25, 0.3) is 10.1 Å². The summed E-state index contributed by atoms with van der Waals surface area (Å²) in [6, 6.07) is 0.631. The molecule has 64 valence electrons. The van der Waals surface area contributed by atoms with E-state index in [0.717, 1.165) is 0 Å². The molecule has 1 N–H and O–H groups in total. The van der Waals surface area contributed by atoms with Gasteiger partial charge in [0, 0.05) is 8.07 Å². The molecule has 11 heavy (non-hydrogen) atoms. The van der Waals surface area contributed by atoms with Crippen molar-refractivity contribution in [3.05, 3.63) is 0 Å². The zero-order valence-corrected chi connectivity index (χ0v) is 8.40. The molecule has 0 heterocycles. The van der Waals surface area contributed by atoms with E-state index in [0.29, 0.717) is 6.04 Å². The van der Waals surface area contributed by atoms with Crippen LogP contribution >= 0.6 is 0 Å². The minimum absolute atomic E-state index is 0. The van der Waals surface area contributed by atoms with E-state index in [4.69, 9.17) is 4.55 Å². The molecule has 0 spiro atoms. The molecule has 0 radical (unpaired) electrons. The van der Waals surface area contributed by atoms with Crippen molar-refractivity contribution < 1.29 is 13.0 Å². The molecule has 0 aromatic rings. The maximum absolute atomic E-state index is 10.3. The number of hydrogen-bond donors (Lipinski definition) is 1. The summed E-state index contributed by atoms with van der Waals surface area (Å²) in [4.78, 5) is 0. The Morgan fingerprint density at radius 2 is 1.64 bits per heavy atom. The third-order valence-corrected chi connectivity index (χ3v) is 3.94. The quantitative estimate of drug-likeness (QED) is 0.542. The number of rotatable bonds is 3. The van der Waals surface area contributed by atoms with Crippen molar-refractivity contribution in [2.75, 3.05) is 5.75 Å². The van der Waals surface area contributed by atoms with Crippen LogP contribution in [0, 0.1) is 0 Å². The van der Waals surface area contributed by atoms with E-state index in [2.05, 4.69) is 19.6 Å². The molecule has 0 aliphatic heterocycles. The molecule has 0 aliphatic carbocycles. The summed E-state index contributed by atoms with van der Waals surface area (Å²) >= 11 is 0. The summed E-state index contributed by atoms with van der Waals surface area (Å²) in [6.07, 6.45) is 0. The van der Waals surface area contributed by atoms with Crippen LogP contribution in [0.4, 0.5) is 0 Å². The molecule has 3 nitrogen and oxygen atoms in total. The van der Waals surface area contributed by atoms with E-state index in [1.54, 1.807) is 0 Å². The molecule has 0 saturated heterocycles. The van der Waals surface area contributed by atoms with Crippen molar-refractivity contribution in [2.24, 2.45) is 0 Å². The molecule has 0 rings (SSSR count). The molecule has 0 aliphatic rings. The second-order valence-electron chi connectivity index (χ2n) is 3.60. The van der Waals surface area contributed by atoms with E-state index in [1.165, 1.54) is 0 Å². The van der Waals surface area contributed by atoms with Crippen molar-refractivity contribution in [2.45, 2.75) is 25.7 Å². The molecular formula is C5H15NaO3SSi. The van der Waals surface area contributed by atoms with E-state index >= 15 is 0 Å². The molecule has 0 aromatic heterocycles. The summed E-state index contributed by atoms with van der Waals surface area (Å²) < 4.78 is 28.9. The van der Waals surface area contributed by atoms with Crippen LogP contribution in [-0.4, -0.2) is 56.4 Å². The van der Waals surface area contributed by atoms with Gasteiger partial charge in [0.1, 0.15) is 0 Å². The van der Waals surface area contributed by atoms with Gasteiger partial charge in [-0.1, -0.05) is 19.6 Å². The Morgan fingerprint density at radius 1 is 1.27 bits per heavy atom. The fraction of sp³-hybridized carbons (Fsp3) is 1.00. The Labute approximate surface area is 91.6 Å². The van der Waals surface area contributed by atoms with Crippen LogP contribution in [0.1, 0.15) is 0 Å². The van der Waals surface area contributed by atoms with Crippen LogP contribution in [-0.2, 0) is 10.1 Å². The van der Waals surface area contributed by atoms with Gasteiger partial charge in [0.2, 0.25) is 0 Å². The SMILES string of the molecule is C[Si](C)(C)CCS(=O)(=O)O.[NaH]. The Kier molecular flexibility index (Phi) is 6.64. The monoisotopic (exact) mass is 206 g/mol. The van der Waals surface area contributed by atoms with Gasteiger partial charge >= 0.3 is 29.6 Å². The predicted molar refractivity (Wildman–Crippen MR) is 51.7 cm³/mol. The van der Waals surface area contributed by atoms with E-state index in [-0.39, 0.29) is 35.3 Å². The van der Waals surface area contributed by atoms with Crippen molar-refractivity contribution in [3.63, 3.8) is 0 Å². The molecule has 0 fully saturated rings. The topological polar surface area (TPSA) is 54.4 Å². The van der Waals surface area contributed by atoms with Gasteiger partial charge in [-0.3, -0.25) is 4.55 Å². The first-order valence-corrected chi connectivity index (χ1v) is 8.47. The van der Waals surface area contributed by atoms with Crippen LogP contribution < -0.4 is 0 Å². The fourth-order valence-corrected chi connectivity index (χ4v) is 3.92. The van der Waals surface area contributed by atoms with Crippen molar-refractivity contribution in [1.29, 1.82) is 0 Å². The summed E-state index contributed by atoms with van der Waals surface area (Å²) in [5, 5.41) is 0. The zero-order valence-electron chi connectivity index (χ0n) is 6.59. The molecule has 0 saturated carbocycles. The van der Waals surface area contributed by atoms with Gasteiger partial charge in [-0.15, -0.1) is 0 Å². The first-order valence-electron chi connectivity index (χ1n) is 3.16. The molecule has 0 bridgehead atoms. The van der Waals surface area contributed by atoms with E-state index in [1.807, 2.05) is 0 Å². The Balaban J connectivity index is 0. The predicted octanol–water partition coefficient (Wildman–Crippen LogP) is 0.564. The molecule has 0 atom stereocenters. The second-order valence-corrected chi connectivity index (χ2v) is 10.8. The summed E-state index contributed by atoms with van der Waals surface area (Å²) in [5.41, 5.74) is 0. The van der Waals surface area contributed by atoms with Crippen molar-refractivity contribution >= 4 is 47.7 Å². The molecule has 0 aromatic carbocycles. The standard InChI is InChI=1S/C5H14O3SSi.Na.H/c1-10(2,3)5-4-9(6,7)8;;/h4-5H2,1-3H3,(H,6,7,8);;. The minimum atomic E-state index is -3.72. The first-order chi connectivity index (χ1) is 4.21. The molecule has 6 heteroatoms. The van der Waals surface area contributed by atoms with Gasteiger partial charge in [-0.25, -0.2) is 0 Å². The van der Waals surface area contributed by atoms with Crippen molar-refractivity contribution in [3.8, 4) is 0 Å². The second kappa shape index (κ2) is 4.99. The van der Waals surface area contributed by atoms with Crippen molar-refractivity contribution in [1.82, 2.24) is 0 Å². The zero-order chi connectivity index (χ0) is 8.41. The Bertz CT molecular complexity index is 194. The van der Waals surface area contributed by atoms with Crippen LogP contribution in [0.2, 0.25) is 25.7 Å². The average Bonchev–Trinajstić information content (AvgIpc) is 1.57. The van der Waals surface area contributed by atoms with Gasteiger partial charge in [-0.2, -0.15) is 8.42 Å². The summed E-state index contributed by atoms with van der Waals surface area (Å²) in [7, 11) is -5.03. The third-order valence-electron chi connectivity index (χ3n) is 1.11. The van der Waals surface area contributed by atoms with Gasteiger partial charge in [-0.05, 0) is 6.04 Å². The molecular weight excluding hydrogens is 191 g/mol. The van der Waals surface area contributed by atoms with E-state index in [9.17, 15) is 8.42 Å². The molecule has 0 unspecified atom stereocenters. The Hall–Kier alpha value is 1.13. The Morgan fingerprint density at radius 3 is 1.73 bits per heavy atom. The maximum atomic E-state index is 10.3. The molecule has 0 amide bonds. The van der Waals surface area contributed by atoms with Crippen LogP contribution in [0.15, 0.2) is 0 Å². The fourth-order valence-electron chi connectivity index (χ4n) is 0.435. The third kappa shape index (κ3) is 14.0. The van der Waals surface area contributed by atoms with Crippen LogP contribution in [0.25, 0.3) is 0 Å².